The number of carbonyl (C=O) groups is 3. The Morgan fingerprint density at radius 2 is 1.94 bits per heavy atom. The predicted octanol–water partition coefficient (Wildman–Crippen LogP) is -0.0888. The van der Waals surface area contributed by atoms with Gasteiger partial charge in [-0.15, -0.1) is 0 Å². The lowest BCUT2D eigenvalue weighted by molar-refractivity contribution is -0.00550. The summed E-state index contributed by atoms with van der Waals surface area (Å²) >= 11 is 0. The molecule has 3 unspecified atom stereocenters. The molecule has 0 bridgehead atoms. The molecule has 3 atom stereocenters. The smallest absolute Gasteiger partial charge is 0.442 e. The van der Waals surface area contributed by atoms with Crippen molar-refractivity contribution in [2.75, 3.05) is 13.2 Å². The number of rotatable bonds is 4. The molecule has 9 nitrogen and oxygen atoms in total. The molecule has 2 saturated heterocycles. The third-order valence-corrected chi connectivity index (χ3v) is 2.44. The maximum absolute atomic E-state index is 10.8. The minimum atomic E-state index is -1.02. The maximum Gasteiger partial charge on any atom is 0.508 e. The van der Waals surface area contributed by atoms with Gasteiger partial charge in [0, 0.05) is 6.42 Å². The van der Waals surface area contributed by atoms with E-state index in [1.54, 1.807) is 0 Å². The Bertz CT molecular complexity index is 370. The lowest BCUT2D eigenvalue weighted by Gasteiger charge is -2.21. The van der Waals surface area contributed by atoms with E-state index >= 15 is 0 Å². The molecule has 0 aromatic carbocycles. The Kier molecular flexibility index (Phi) is 3.40. The molecule has 0 radical (unpaired) electrons. The quantitative estimate of drug-likeness (QED) is 0.550. The van der Waals surface area contributed by atoms with Gasteiger partial charge < -0.3 is 29.4 Å². The van der Waals surface area contributed by atoms with Crippen molar-refractivity contribution in [2.24, 2.45) is 5.73 Å². The van der Waals surface area contributed by atoms with Gasteiger partial charge in [0.2, 0.25) is 0 Å². The fourth-order valence-electron chi connectivity index (χ4n) is 1.69. The van der Waals surface area contributed by atoms with Crippen LogP contribution in [0.5, 0.6) is 0 Å². The topological polar surface area (TPSA) is 123 Å². The lowest BCUT2D eigenvalue weighted by atomic mass is 10.1. The largest absolute Gasteiger partial charge is 0.508 e. The van der Waals surface area contributed by atoms with E-state index in [4.69, 9.17) is 19.9 Å². The first-order valence-corrected chi connectivity index (χ1v) is 5.17. The van der Waals surface area contributed by atoms with Gasteiger partial charge in [-0.25, -0.2) is 14.4 Å². The standard InChI is InChI=1S/C9H11NO8/c10-7(11)17-5(6-3-15-9(13)18-6)1-4-2-14-8(12)16-4/h4-6H,1-3H2,(H2,10,11). The van der Waals surface area contributed by atoms with E-state index in [-0.39, 0.29) is 19.6 Å². The summed E-state index contributed by atoms with van der Waals surface area (Å²) in [5.41, 5.74) is 4.92. The van der Waals surface area contributed by atoms with Crippen LogP contribution in [0.1, 0.15) is 6.42 Å². The molecule has 0 aromatic heterocycles. The van der Waals surface area contributed by atoms with Crippen LogP contribution in [0.4, 0.5) is 14.4 Å². The van der Waals surface area contributed by atoms with E-state index in [0.717, 1.165) is 0 Å². The highest BCUT2D eigenvalue weighted by atomic mass is 16.8. The van der Waals surface area contributed by atoms with Crippen LogP contribution >= 0.6 is 0 Å². The van der Waals surface area contributed by atoms with Crippen LogP contribution < -0.4 is 5.73 Å². The molecule has 2 fully saturated rings. The number of primary amides is 1. The molecule has 2 N–H and O–H groups in total. The van der Waals surface area contributed by atoms with E-state index in [0.29, 0.717) is 0 Å². The van der Waals surface area contributed by atoms with E-state index in [9.17, 15) is 14.4 Å². The highest BCUT2D eigenvalue weighted by molar-refractivity contribution is 5.65. The third-order valence-electron chi connectivity index (χ3n) is 2.44. The molecule has 18 heavy (non-hydrogen) atoms. The second kappa shape index (κ2) is 4.98. The van der Waals surface area contributed by atoms with Crippen molar-refractivity contribution < 1.29 is 38.1 Å². The zero-order chi connectivity index (χ0) is 13.1. The number of nitrogens with two attached hydrogens (primary N) is 1. The lowest BCUT2D eigenvalue weighted by Crippen LogP contribution is -2.38. The van der Waals surface area contributed by atoms with Crippen LogP contribution in [-0.4, -0.2) is 49.9 Å². The molecular weight excluding hydrogens is 250 g/mol. The zero-order valence-corrected chi connectivity index (χ0v) is 9.20. The number of cyclic esters (lactones) is 4. The van der Waals surface area contributed by atoms with Crippen molar-refractivity contribution >= 4 is 18.4 Å². The first kappa shape index (κ1) is 12.3. The number of ether oxygens (including phenoxy) is 5. The molecule has 100 valence electrons. The number of carbonyl (C=O) groups excluding carboxylic acids is 3. The van der Waals surface area contributed by atoms with Crippen LogP contribution in [0.3, 0.4) is 0 Å². The van der Waals surface area contributed by atoms with Gasteiger partial charge in [0.25, 0.3) is 0 Å². The van der Waals surface area contributed by atoms with Gasteiger partial charge in [0.05, 0.1) is 0 Å². The second-order valence-electron chi connectivity index (χ2n) is 3.73. The van der Waals surface area contributed by atoms with Crippen LogP contribution in [0.15, 0.2) is 0 Å². The van der Waals surface area contributed by atoms with E-state index < -0.39 is 36.7 Å². The first-order chi connectivity index (χ1) is 8.54. The molecule has 2 rings (SSSR count). The monoisotopic (exact) mass is 261 g/mol. The summed E-state index contributed by atoms with van der Waals surface area (Å²) in [5, 5.41) is 0. The maximum atomic E-state index is 10.8. The summed E-state index contributed by atoms with van der Waals surface area (Å²) in [6, 6.07) is 0. The van der Waals surface area contributed by atoms with Gasteiger partial charge in [-0.1, -0.05) is 0 Å². The first-order valence-electron chi connectivity index (χ1n) is 5.17. The van der Waals surface area contributed by atoms with Crippen molar-refractivity contribution in [3.8, 4) is 0 Å². The molecule has 9 heteroatoms. The minimum Gasteiger partial charge on any atom is -0.442 e. The third kappa shape index (κ3) is 2.93. The predicted molar refractivity (Wildman–Crippen MR) is 51.5 cm³/mol. The average molecular weight is 261 g/mol. The molecule has 2 heterocycles. The molecule has 2 aliphatic rings. The highest BCUT2D eigenvalue weighted by Gasteiger charge is 2.39. The highest BCUT2D eigenvalue weighted by Crippen LogP contribution is 2.21. The summed E-state index contributed by atoms with van der Waals surface area (Å²) in [7, 11) is 0. The fraction of sp³-hybridized carbons (Fsp3) is 0.667. The SMILES string of the molecule is NC(=O)OC(CC1COC(=O)O1)C1COC(=O)O1. The zero-order valence-electron chi connectivity index (χ0n) is 9.20. The molecule has 2 aliphatic heterocycles. The number of amides is 1. The van der Waals surface area contributed by atoms with Crippen LogP contribution in [-0.2, 0) is 23.7 Å². The Morgan fingerprint density at radius 1 is 1.28 bits per heavy atom. The van der Waals surface area contributed by atoms with Crippen molar-refractivity contribution in [3.05, 3.63) is 0 Å². The van der Waals surface area contributed by atoms with Gasteiger partial charge in [-0.3, -0.25) is 0 Å². The Morgan fingerprint density at radius 3 is 2.44 bits per heavy atom. The average Bonchev–Trinajstić information content (AvgIpc) is 2.86. The summed E-state index contributed by atoms with van der Waals surface area (Å²) in [4.78, 5) is 32.3. The summed E-state index contributed by atoms with van der Waals surface area (Å²) in [5.74, 6) is 0. The molecule has 0 spiro atoms. The molecule has 0 aliphatic carbocycles. The van der Waals surface area contributed by atoms with E-state index in [1.165, 1.54) is 0 Å². The van der Waals surface area contributed by atoms with E-state index in [2.05, 4.69) is 9.47 Å². The summed E-state index contributed by atoms with van der Waals surface area (Å²) < 4.78 is 23.6. The molecule has 1 amide bonds. The van der Waals surface area contributed by atoms with Crippen molar-refractivity contribution in [1.29, 1.82) is 0 Å². The summed E-state index contributed by atoms with van der Waals surface area (Å²) in [6.45, 7) is -0.0166. The number of hydrogen-bond acceptors (Lipinski definition) is 8. The second-order valence-corrected chi connectivity index (χ2v) is 3.73. The van der Waals surface area contributed by atoms with Gasteiger partial charge in [-0.05, 0) is 0 Å². The minimum absolute atomic E-state index is 0.0407. The molecule has 0 aromatic rings. The van der Waals surface area contributed by atoms with E-state index in [1.807, 2.05) is 0 Å². The molecular formula is C9H11NO8. The van der Waals surface area contributed by atoms with Crippen molar-refractivity contribution in [1.82, 2.24) is 0 Å². The van der Waals surface area contributed by atoms with Crippen LogP contribution in [0, 0.1) is 0 Å². The van der Waals surface area contributed by atoms with Crippen LogP contribution in [0.25, 0.3) is 0 Å². The Hall–Kier alpha value is -2.19. The van der Waals surface area contributed by atoms with Gasteiger partial charge >= 0.3 is 18.4 Å². The van der Waals surface area contributed by atoms with Crippen LogP contribution in [0.2, 0.25) is 0 Å². The van der Waals surface area contributed by atoms with Gasteiger partial charge in [0.1, 0.15) is 25.4 Å². The van der Waals surface area contributed by atoms with Gasteiger partial charge in [0.15, 0.2) is 6.10 Å². The summed E-state index contributed by atoms with van der Waals surface area (Å²) in [6.07, 6.45) is -4.77. The van der Waals surface area contributed by atoms with Gasteiger partial charge in [-0.2, -0.15) is 0 Å². The fourth-order valence-corrected chi connectivity index (χ4v) is 1.69. The van der Waals surface area contributed by atoms with Crippen molar-refractivity contribution in [2.45, 2.75) is 24.7 Å². The number of hydrogen-bond donors (Lipinski definition) is 1. The van der Waals surface area contributed by atoms with Crippen molar-refractivity contribution in [3.63, 3.8) is 0 Å². The normalized spacial score (nSPS) is 27.8. The Labute approximate surface area is 101 Å². The molecule has 0 saturated carbocycles. The Balaban J connectivity index is 1.94.